The minimum Gasteiger partial charge on any atom is -0.339 e. The molecule has 180 valence electrons. The lowest BCUT2D eigenvalue weighted by molar-refractivity contribution is -0.120. The van der Waals surface area contributed by atoms with E-state index in [1.54, 1.807) is 18.2 Å². The van der Waals surface area contributed by atoms with Gasteiger partial charge in [0.25, 0.3) is 5.91 Å². The average molecular weight is 475 g/mol. The standard InChI is InChI=1S/C25H35ClN4O3/c1-27-13-2-3-18-6-9-25(10-7-18)11-15-29(16-12-25)23(32)19-4-5-20(26)21(17-19)30-14-8-22(31)28-24(30)33/h4-5,17-18,27H,2-3,6-16H2,1H3,(H,28,31,33). The first kappa shape index (κ1) is 24.0. The maximum absolute atomic E-state index is 13.3. The molecule has 2 N–H and O–H groups in total. The lowest BCUT2D eigenvalue weighted by Crippen LogP contribution is -2.49. The van der Waals surface area contributed by atoms with Gasteiger partial charge >= 0.3 is 6.03 Å². The van der Waals surface area contributed by atoms with E-state index in [1.165, 1.54) is 43.4 Å². The Kier molecular flexibility index (Phi) is 7.59. The molecule has 0 aromatic heterocycles. The number of urea groups is 1. The van der Waals surface area contributed by atoms with Gasteiger partial charge in [0, 0.05) is 31.6 Å². The van der Waals surface area contributed by atoms with Crippen LogP contribution in [0.2, 0.25) is 5.02 Å². The maximum Gasteiger partial charge on any atom is 0.328 e. The molecule has 0 bridgehead atoms. The third-order valence-corrected chi connectivity index (χ3v) is 8.17. The van der Waals surface area contributed by atoms with Crippen LogP contribution in [0.5, 0.6) is 0 Å². The van der Waals surface area contributed by atoms with Crippen LogP contribution in [0.1, 0.15) is 68.1 Å². The zero-order valence-corrected chi connectivity index (χ0v) is 20.3. The molecule has 4 rings (SSSR count). The molecule has 4 amide bonds. The van der Waals surface area contributed by atoms with Gasteiger partial charge < -0.3 is 10.2 Å². The molecular formula is C25H35ClN4O3. The predicted molar refractivity (Wildman–Crippen MR) is 130 cm³/mol. The largest absolute Gasteiger partial charge is 0.339 e. The highest BCUT2D eigenvalue weighted by molar-refractivity contribution is 6.34. The molecule has 1 aliphatic carbocycles. The molecule has 1 aromatic carbocycles. The highest BCUT2D eigenvalue weighted by atomic mass is 35.5. The molecule has 0 radical (unpaired) electrons. The Bertz CT molecular complexity index is 888. The van der Waals surface area contributed by atoms with Crippen LogP contribution < -0.4 is 15.5 Å². The summed E-state index contributed by atoms with van der Waals surface area (Å²) in [6.07, 6.45) is 10.1. The van der Waals surface area contributed by atoms with E-state index in [-0.39, 0.29) is 24.8 Å². The Morgan fingerprint density at radius 3 is 2.55 bits per heavy atom. The normalized spacial score (nSPS) is 21.4. The summed E-state index contributed by atoms with van der Waals surface area (Å²) in [4.78, 5) is 40.3. The molecule has 7 nitrogen and oxygen atoms in total. The van der Waals surface area contributed by atoms with Gasteiger partial charge in [0.2, 0.25) is 5.91 Å². The van der Waals surface area contributed by atoms with Gasteiger partial charge in [0.05, 0.1) is 10.7 Å². The fraction of sp³-hybridized carbons (Fsp3) is 0.640. The van der Waals surface area contributed by atoms with Crippen molar-refractivity contribution in [2.75, 3.05) is 38.1 Å². The molecule has 33 heavy (non-hydrogen) atoms. The number of hydrogen-bond acceptors (Lipinski definition) is 4. The van der Waals surface area contributed by atoms with Gasteiger partial charge in [0.15, 0.2) is 0 Å². The summed E-state index contributed by atoms with van der Waals surface area (Å²) in [5.41, 5.74) is 1.40. The number of imide groups is 1. The number of likely N-dealkylation sites (tertiary alicyclic amines) is 1. The van der Waals surface area contributed by atoms with Crippen molar-refractivity contribution in [3.05, 3.63) is 28.8 Å². The van der Waals surface area contributed by atoms with Crippen LogP contribution >= 0.6 is 11.6 Å². The smallest absolute Gasteiger partial charge is 0.328 e. The first-order valence-corrected chi connectivity index (χ1v) is 12.6. The van der Waals surface area contributed by atoms with Gasteiger partial charge in [0.1, 0.15) is 0 Å². The third-order valence-electron chi connectivity index (χ3n) is 7.85. The Morgan fingerprint density at radius 2 is 1.88 bits per heavy atom. The zero-order chi connectivity index (χ0) is 23.4. The van der Waals surface area contributed by atoms with Crippen molar-refractivity contribution in [3.8, 4) is 0 Å². The number of nitrogens with zero attached hydrogens (tertiary/aromatic N) is 2. The number of nitrogens with one attached hydrogen (secondary N) is 2. The summed E-state index contributed by atoms with van der Waals surface area (Å²) in [5, 5.41) is 5.94. The van der Waals surface area contributed by atoms with Crippen LogP contribution in [0.25, 0.3) is 0 Å². The predicted octanol–water partition coefficient (Wildman–Crippen LogP) is 4.20. The lowest BCUT2D eigenvalue weighted by atomic mass is 9.65. The first-order valence-electron chi connectivity index (χ1n) is 12.3. The summed E-state index contributed by atoms with van der Waals surface area (Å²) >= 11 is 6.34. The molecule has 2 saturated heterocycles. The Hall–Kier alpha value is -2.12. The number of benzene rings is 1. The minimum atomic E-state index is -0.501. The van der Waals surface area contributed by atoms with Crippen molar-refractivity contribution in [2.24, 2.45) is 11.3 Å². The Balaban J connectivity index is 1.35. The van der Waals surface area contributed by atoms with E-state index in [4.69, 9.17) is 11.6 Å². The number of piperidine rings is 1. The van der Waals surface area contributed by atoms with E-state index >= 15 is 0 Å². The molecule has 3 fully saturated rings. The van der Waals surface area contributed by atoms with E-state index in [0.29, 0.717) is 21.7 Å². The minimum absolute atomic E-state index is 0.0167. The van der Waals surface area contributed by atoms with Crippen molar-refractivity contribution in [3.63, 3.8) is 0 Å². The number of carbonyl (C=O) groups is 3. The summed E-state index contributed by atoms with van der Waals surface area (Å²) in [5.74, 6) is 0.546. The summed E-state index contributed by atoms with van der Waals surface area (Å²) < 4.78 is 0. The molecular weight excluding hydrogens is 440 g/mol. The second-order valence-electron chi connectivity index (χ2n) is 9.90. The fourth-order valence-corrected chi connectivity index (χ4v) is 5.88. The van der Waals surface area contributed by atoms with Gasteiger partial charge in [-0.25, -0.2) is 4.79 Å². The summed E-state index contributed by atoms with van der Waals surface area (Å²) in [6.45, 7) is 2.91. The molecule has 2 aliphatic heterocycles. The van der Waals surface area contributed by atoms with E-state index in [0.717, 1.165) is 38.4 Å². The van der Waals surface area contributed by atoms with Crippen LogP contribution in [0.3, 0.4) is 0 Å². The second-order valence-corrected chi connectivity index (χ2v) is 10.3. The average Bonchev–Trinajstić information content (AvgIpc) is 2.81. The van der Waals surface area contributed by atoms with Gasteiger partial charge in [-0.3, -0.25) is 19.8 Å². The van der Waals surface area contributed by atoms with Gasteiger partial charge in [-0.05, 0) is 94.5 Å². The molecule has 0 atom stereocenters. The summed E-state index contributed by atoms with van der Waals surface area (Å²) in [7, 11) is 2.02. The molecule has 2 heterocycles. The number of halogens is 1. The number of rotatable bonds is 6. The number of hydrogen-bond donors (Lipinski definition) is 2. The van der Waals surface area contributed by atoms with Gasteiger partial charge in [-0.2, -0.15) is 0 Å². The Labute approximate surface area is 201 Å². The highest BCUT2D eigenvalue weighted by Gasteiger charge is 2.39. The van der Waals surface area contributed by atoms with Gasteiger partial charge in [-0.1, -0.05) is 11.6 Å². The van der Waals surface area contributed by atoms with Crippen molar-refractivity contribution < 1.29 is 14.4 Å². The monoisotopic (exact) mass is 474 g/mol. The topological polar surface area (TPSA) is 81.8 Å². The van der Waals surface area contributed by atoms with Crippen LogP contribution in [0.4, 0.5) is 10.5 Å². The van der Waals surface area contributed by atoms with Crippen molar-refractivity contribution in [2.45, 2.75) is 57.8 Å². The second kappa shape index (κ2) is 10.4. The number of amides is 4. The Morgan fingerprint density at radius 1 is 1.15 bits per heavy atom. The fourth-order valence-electron chi connectivity index (χ4n) is 5.66. The van der Waals surface area contributed by atoms with Gasteiger partial charge in [-0.15, -0.1) is 0 Å². The lowest BCUT2D eigenvalue weighted by Gasteiger charge is -2.46. The van der Waals surface area contributed by atoms with Crippen molar-refractivity contribution >= 4 is 35.1 Å². The SMILES string of the molecule is CNCCCC1CCC2(CC1)CCN(C(=O)c1ccc(Cl)c(N3CCC(=O)NC3=O)c1)CC2. The van der Waals surface area contributed by atoms with Crippen molar-refractivity contribution in [1.29, 1.82) is 0 Å². The number of anilines is 1. The molecule has 1 spiro atoms. The van der Waals surface area contributed by atoms with E-state index < -0.39 is 6.03 Å². The molecule has 8 heteroatoms. The number of carbonyl (C=O) groups excluding carboxylic acids is 3. The molecule has 0 unspecified atom stereocenters. The quantitative estimate of drug-likeness (QED) is 0.605. The maximum atomic E-state index is 13.3. The molecule has 1 aromatic rings. The van der Waals surface area contributed by atoms with Crippen LogP contribution in [0, 0.1) is 11.3 Å². The van der Waals surface area contributed by atoms with Crippen molar-refractivity contribution in [1.82, 2.24) is 15.5 Å². The molecule has 1 saturated carbocycles. The van der Waals surface area contributed by atoms with Crippen LogP contribution in [-0.2, 0) is 4.79 Å². The zero-order valence-electron chi connectivity index (χ0n) is 19.5. The van der Waals surface area contributed by atoms with E-state index in [2.05, 4.69) is 10.6 Å². The first-order chi connectivity index (χ1) is 15.9. The van der Waals surface area contributed by atoms with Crippen LogP contribution in [0.15, 0.2) is 18.2 Å². The van der Waals surface area contributed by atoms with E-state index in [9.17, 15) is 14.4 Å². The third kappa shape index (κ3) is 5.52. The van der Waals surface area contributed by atoms with Crippen LogP contribution in [-0.4, -0.2) is 56.0 Å². The summed E-state index contributed by atoms with van der Waals surface area (Å²) in [6, 6.07) is 4.57. The highest BCUT2D eigenvalue weighted by Crippen LogP contribution is 2.47. The molecule has 3 aliphatic rings. The van der Waals surface area contributed by atoms with E-state index in [1.807, 2.05) is 11.9 Å².